The third kappa shape index (κ3) is 6.63. The fourth-order valence-electron chi connectivity index (χ4n) is 5.45. The molecule has 37 heavy (non-hydrogen) atoms. The normalized spacial score (nSPS) is 21.4. The van der Waals surface area contributed by atoms with Crippen LogP contribution in [0.15, 0.2) is 30.0 Å². The molecule has 204 valence electrons. The molecule has 0 bridgehead atoms. The maximum atomic E-state index is 13.8. The lowest BCUT2D eigenvalue weighted by molar-refractivity contribution is -0.159. The Morgan fingerprint density at radius 1 is 1.11 bits per heavy atom. The van der Waals surface area contributed by atoms with E-state index in [-0.39, 0.29) is 30.6 Å². The summed E-state index contributed by atoms with van der Waals surface area (Å²) in [6.07, 6.45) is 6.75. The molecule has 1 fully saturated rings. The Labute approximate surface area is 219 Å². The molecule has 1 aromatic carbocycles. The number of amides is 2. The van der Waals surface area contributed by atoms with Crippen LogP contribution in [0.1, 0.15) is 50.5 Å². The first kappa shape index (κ1) is 28.5. The van der Waals surface area contributed by atoms with Crippen LogP contribution in [-0.2, 0) is 30.3 Å². The number of nitrogens with zero attached hydrogens (tertiary/aromatic N) is 1. The van der Waals surface area contributed by atoms with E-state index in [9.17, 15) is 14.4 Å². The first-order chi connectivity index (χ1) is 17.9. The first-order valence-electron chi connectivity index (χ1n) is 13.0. The number of piperidine rings is 1. The van der Waals surface area contributed by atoms with Gasteiger partial charge < -0.3 is 29.2 Å². The summed E-state index contributed by atoms with van der Waals surface area (Å²) < 4.78 is 21.1. The Morgan fingerprint density at radius 3 is 2.59 bits per heavy atom. The van der Waals surface area contributed by atoms with E-state index in [0.717, 1.165) is 30.5 Å². The summed E-state index contributed by atoms with van der Waals surface area (Å²) in [5.41, 5.74) is 0.762. The van der Waals surface area contributed by atoms with E-state index < -0.39 is 11.3 Å². The molecule has 1 heterocycles. The van der Waals surface area contributed by atoms with Gasteiger partial charge >= 0.3 is 5.97 Å². The number of benzene rings is 1. The van der Waals surface area contributed by atoms with Crippen molar-refractivity contribution in [2.45, 2.75) is 51.4 Å². The third-order valence-electron chi connectivity index (χ3n) is 7.31. The standard InChI is InChI=1S/C28H40N2O7/c1-34-16-8-14-29-25(31)18-21-19-28(27(33)37-4)13-7-5-6-9-24(28)30(26(21)32)15-12-20-10-11-22(35-2)23(17-20)36-3/h9-11,17,21H,5-8,12-16,18-19H2,1-4H3,(H,29,31)/t21-,28+/m1/s1. The lowest BCUT2D eigenvalue weighted by Crippen LogP contribution is -2.53. The fraction of sp³-hybridized carbons (Fsp3) is 0.607. The van der Waals surface area contributed by atoms with Crippen LogP contribution < -0.4 is 14.8 Å². The average molecular weight is 517 g/mol. The number of rotatable bonds is 12. The monoisotopic (exact) mass is 516 g/mol. The molecular weight excluding hydrogens is 476 g/mol. The summed E-state index contributed by atoms with van der Waals surface area (Å²) in [5.74, 6) is -0.0221. The molecule has 9 heteroatoms. The van der Waals surface area contributed by atoms with Gasteiger partial charge in [0.1, 0.15) is 5.41 Å². The highest BCUT2D eigenvalue weighted by molar-refractivity contribution is 5.92. The quantitative estimate of drug-likeness (QED) is 0.336. The molecule has 9 nitrogen and oxygen atoms in total. The van der Waals surface area contributed by atoms with Gasteiger partial charge in [0.2, 0.25) is 11.8 Å². The van der Waals surface area contributed by atoms with E-state index in [1.54, 1.807) is 26.2 Å². The van der Waals surface area contributed by atoms with E-state index in [1.807, 2.05) is 24.3 Å². The van der Waals surface area contributed by atoms with Crippen LogP contribution in [-0.4, -0.2) is 70.8 Å². The first-order valence-corrected chi connectivity index (χ1v) is 13.0. The van der Waals surface area contributed by atoms with Gasteiger partial charge in [0.15, 0.2) is 11.5 Å². The topological polar surface area (TPSA) is 103 Å². The number of carbonyl (C=O) groups is 3. The zero-order valence-corrected chi connectivity index (χ0v) is 22.5. The minimum Gasteiger partial charge on any atom is -0.493 e. The van der Waals surface area contributed by atoms with Crippen LogP contribution in [0, 0.1) is 11.3 Å². The molecule has 3 rings (SSSR count). The van der Waals surface area contributed by atoms with E-state index in [0.29, 0.717) is 50.5 Å². The van der Waals surface area contributed by atoms with Crippen LogP contribution in [0.2, 0.25) is 0 Å². The van der Waals surface area contributed by atoms with Crippen LogP contribution in [0.5, 0.6) is 11.5 Å². The van der Waals surface area contributed by atoms with Crippen molar-refractivity contribution in [1.29, 1.82) is 0 Å². The summed E-state index contributed by atoms with van der Waals surface area (Å²) in [5, 5.41) is 2.88. The van der Waals surface area contributed by atoms with Crippen molar-refractivity contribution >= 4 is 17.8 Å². The van der Waals surface area contributed by atoms with Gasteiger partial charge in [0, 0.05) is 44.8 Å². The van der Waals surface area contributed by atoms with E-state index >= 15 is 0 Å². The van der Waals surface area contributed by atoms with Crippen molar-refractivity contribution in [3.63, 3.8) is 0 Å². The van der Waals surface area contributed by atoms with Gasteiger partial charge in [-0.25, -0.2) is 0 Å². The van der Waals surface area contributed by atoms with Crippen LogP contribution in [0.25, 0.3) is 0 Å². The van der Waals surface area contributed by atoms with E-state index in [4.69, 9.17) is 18.9 Å². The zero-order valence-electron chi connectivity index (χ0n) is 22.5. The number of allylic oxidation sites excluding steroid dienone is 1. The molecule has 2 aliphatic rings. The highest BCUT2D eigenvalue weighted by Gasteiger charge is 2.53. The molecular formula is C28H40N2O7. The van der Waals surface area contributed by atoms with Crippen molar-refractivity contribution in [2.75, 3.05) is 48.1 Å². The van der Waals surface area contributed by atoms with Crippen LogP contribution in [0.4, 0.5) is 0 Å². The van der Waals surface area contributed by atoms with Crippen molar-refractivity contribution in [1.82, 2.24) is 10.2 Å². The number of ether oxygens (including phenoxy) is 4. The van der Waals surface area contributed by atoms with Crippen molar-refractivity contribution in [2.24, 2.45) is 11.3 Å². The van der Waals surface area contributed by atoms with Gasteiger partial charge in [-0.1, -0.05) is 18.6 Å². The second-order valence-corrected chi connectivity index (χ2v) is 9.64. The number of hydrogen-bond donors (Lipinski definition) is 1. The van der Waals surface area contributed by atoms with Crippen molar-refractivity contribution in [3.8, 4) is 11.5 Å². The molecule has 0 unspecified atom stereocenters. The minimum absolute atomic E-state index is 0.0324. The predicted octanol–water partition coefficient (Wildman–Crippen LogP) is 3.25. The number of carbonyl (C=O) groups excluding carboxylic acids is 3. The van der Waals surface area contributed by atoms with Gasteiger partial charge in [0.05, 0.1) is 21.3 Å². The second-order valence-electron chi connectivity index (χ2n) is 9.64. The summed E-state index contributed by atoms with van der Waals surface area (Å²) in [7, 11) is 6.18. The van der Waals surface area contributed by atoms with Gasteiger partial charge in [-0.3, -0.25) is 14.4 Å². The van der Waals surface area contributed by atoms with Gasteiger partial charge in [-0.15, -0.1) is 0 Å². The number of fused-ring (bicyclic) bond motifs is 1. The average Bonchev–Trinajstić information content (AvgIpc) is 3.13. The third-order valence-corrected chi connectivity index (χ3v) is 7.31. The lowest BCUT2D eigenvalue weighted by atomic mass is 9.69. The highest BCUT2D eigenvalue weighted by atomic mass is 16.5. The highest BCUT2D eigenvalue weighted by Crippen LogP contribution is 2.49. The number of hydrogen-bond acceptors (Lipinski definition) is 7. The smallest absolute Gasteiger partial charge is 0.317 e. The Hall–Kier alpha value is -3.07. The molecule has 2 amide bonds. The molecule has 0 spiro atoms. The lowest BCUT2D eigenvalue weighted by Gasteiger charge is -2.46. The SMILES string of the molecule is COCCCNC(=O)C[C@@H]1C[C@@]2(C(=O)OC)CCCCC=C2N(CCc2ccc(OC)c(OC)c2)C1=O. The number of likely N-dealkylation sites (tertiary alicyclic amines) is 1. The van der Waals surface area contributed by atoms with Crippen molar-refractivity contribution < 1.29 is 33.3 Å². The Kier molecular flexibility index (Phi) is 10.4. The molecule has 1 saturated heterocycles. The molecule has 1 aromatic rings. The minimum atomic E-state index is -0.933. The maximum Gasteiger partial charge on any atom is 0.317 e. The van der Waals surface area contributed by atoms with Gasteiger partial charge in [-0.2, -0.15) is 0 Å². The number of methoxy groups -OCH3 is 4. The Bertz CT molecular complexity index is 993. The Balaban J connectivity index is 1.87. The fourth-order valence-corrected chi connectivity index (χ4v) is 5.45. The molecule has 0 saturated carbocycles. The van der Waals surface area contributed by atoms with Crippen molar-refractivity contribution in [3.05, 3.63) is 35.5 Å². The molecule has 0 aromatic heterocycles. The Morgan fingerprint density at radius 2 is 1.89 bits per heavy atom. The second kappa shape index (κ2) is 13.5. The van der Waals surface area contributed by atoms with E-state index in [1.165, 1.54) is 7.11 Å². The summed E-state index contributed by atoms with van der Waals surface area (Å²) >= 11 is 0. The summed E-state index contributed by atoms with van der Waals surface area (Å²) in [6.45, 7) is 1.40. The maximum absolute atomic E-state index is 13.8. The summed E-state index contributed by atoms with van der Waals surface area (Å²) in [4.78, 5) is 41.5. The summed E-state index contributed by atoms with van der Waals surface area (Å²) in [6, 6.07) is 5.68. The molecule has 1 aliphatic heterocycles. The predicted molar refractivity (Wildman–Crippen MR) is 138 cm³/mol. The number of esters is 1. The van der Waals surface area contributed by atoms with Crippen LogP contribution in [0.3, 0.4) is 0 Å². The molecule has 0 radical (unpaired) electrons. The van der Waals surface area contributed by atoms with E-state index in [2.05, 4.69) is 5.32 Å². The van der Waals surface area contributed by atoms with Gasteiger partial charge in [0.25, 0.3) is 0 Å². The molecule has 1 aliphatic carbocycles. The zero-order chi connectivity index (χ0) is 26.8. The largest absolute Gasteiger partial charge is 0.493 e. The molecule has 1 N–H and O–H groups in total. The molecule has 2 atom stereocenters. The van der Waals surface area contributed by atoms with Crippen LogP contribution >= 0.6 is 0 Å². The number of nitrogens with one attached hydrogen (secondary N) is 1. The van der Waals surface area contributed by atoms with Gasteiger partial charge in [-0.05, 0) is 56.2 Å².